The van der Waals surface area contributed by atoms with Gasteiger partial charge >= 0.3 is 0 Å². The molecule has 2 heteroatoms. The van der Waals surface area contributed by atoms with Crippen LogP contribution < -0.4 is 0 Å². The molecule has 0 atom stereocenters. The van der Waals surface area contributed by atoms with E-state index in [9.17, 15) is 4.39 Å². The van der Waals surface area contributed by atoms with E-state index in [1.54, 1.807) is 6.07 Å². The van der Waals surface area contributed by atoms with Crippen molar-refractivity contribution in [1.82, 2.24) is 0 Å². The monoisotopic (exact) mass is 234 g/mol. The lowest BCUT2D eigenvalue weighted by atomic mass is 10.0. The average Bonchev–Trinajstić information content (AvgIpc) is 2.29. The summed E-state index contributed by atoms with van der Waals surface area (Å²) in [5.41, 5.74) is 2.54. The second-order valence-corrected chi connectivity index (χ2v) is 4.11. The number of benzene rings is 2. The highest BCUT2D eigenvalue weighted by atomic mass is 35.5. The predicted octanol–water partition coefficient (Wildman–Crippen LogP) is 4.71. The first kappa shape index (κ1) is 11.2. The molecular formula is C14H12ClF. The van der Waals surface area contributed by atoms with Crippen molar-refractivity contribution in [3.8, 4) is 11.1 Å². The van der Waals surface area contributed by atoms with E-state index in [4.69, 9.17) is 11.6 Å². The minimum absolute atomic E-state index is 0.153. The third-order valence-electron chi connectivity index (χ3n) is 2.59. The molecule has 82 valence electrons. The van der Waals surface area contributed by atoms with E-state index in [1.165, 1.54) is 0 Å². The molecule has 0 saturated heterocycles. The SMILES string of the molecule is CCc1ccc(-c2cccc(Cl)c2)cc1F. The highest BCUT2D eigenvalue weighted by molar-refractivity contribution is 6.30. The zero-order chi connectivity index (χ0) is 11.5. The first-order chi connectivity index (χ1) is 7.70. The van der Waals surface area contributed by atoms with Crippen LogP contribution in [0.5, 0.6) is 0 Å². The van der Waals surface area contributed by atoms with Gasteiger partial charge in [-0.2, -0.15) is 0 Å². The lowest BCUT2D eigenvalue weighted by molar-refractivity contribution is 0.613. The highest BCUT2D eigenvalue weighted by Crippen LogP contribution is 2.24. The molecule has 0 aromatic heterocycles. The summed E-state index contributed by atoms with van der Waals surface area (Å²) in [4.78, 5) is 0. The minimum Gasteiger partial charge on any atom is -0.207 e. The quantitative estimate of drug-likeness (QED) is 0.706. The van der Waals surface area contributed by atoms with E-state index in [0.29, 0.717) is 11.4 Å². The van der Waals surface area contributed by atoms with Crippen molar-refractivity contribution in [1.29, 1.82) is 0 Å². The topological polar surface area (TPSA) is 0 Å². The fraction of sp³-hybridized carbons (Fsp3) is 0.143. The van der Waals surface area contributed by atoms with E-state index < -0.39 is 0 Å². The Labute approximate surface area is 99.7 Å². The summed E-state index contributed by atoms with van der Waals surface area (Å²) >= 11 is 5.90. The van der Waals surface area contributed by atoms with Gasteiger partial charge in [-0.1, -0.05) is 42.8 Å². The number of aryl methyl sites for hydroxylation is 1. The fourth-order valence-electron chi connectivity index (χ4n) is 1.68. The van der Waals surface area contributed by atoms with Crippen LogP contribution in [0.25, 0.3) is 11.1 Å². The summed E-state index contributed by atoms with van der Waals surface area (Å²) in [6.45, 7) is 1.94. The lowest BCUT2D eigenvalue weighted by Gasteiger charge is -2.05. The molecule has 0 amide bonds. The van der Waals surface area contributed by atoms with Gasteiger partial charge in [-0.3, -0.25) is 0 Å². The zero-order valence-electron chi connectivity index (χ0n) is 9.00. The van der Waals surface area contributed by atoms with E-state index in [2.05, 4.69) is 0 Å². The van der Waals surface area contributed by atoms with Crippen LogP contribution in [-0.2, 0) is 6.42 Å². The van der Waals surface area contributed by atoms with Gasteiger partial charge in [0.15, 0.2) is 0 Å². The normalized spacial score (nSPS) is 10.4. The Morgan fingerprint density at radius 1 is 1.06 bits per heavy atom. The van der Waals surface area contributed by atoms with Crippen LogP contribution in [0.1, 0.15) is 12.5 Å². The fourth-order valence-corrected chi connectivity index (χ4v) is 1.87. The molecule has 0 aliphatic heterocycles. The van der Waals surface area contributed by atoms with Crippen LogP contribution in [0, 0.1) is 5.82 Å². The summed E-state index contributed by atoms with van der Waals surface area (Å²) in [5.74, 6) is -0.153. The van der Waals surface area contributed by atoms with E-state index >= 15 is 0 Å². The summed E-state index contributed by atoms with van der Waals surface area (Å²) in [7, 11) is 0. The van der Waals surface area contributed by atoms with Gasteiger partial charge in [-0.15, -0.1) is 0 Å². The van der Waals surface area contributed by atoms with Crippen molar-refractivity contribution < 1.29 is 4.39 Å². The Morgan fingerprint density at radius 3 is 2.44 bits per heavy atom. The van der Waals surface area contributed by atoms with Crippen LogP contribution in [0.2, 0.25) is 5.02 Å². The van der Waals surface area contributed by atoms with Gasteiger partial charge in [-0.25, -0.2) is 4.39 Å². The molecule has 2 aromatic carbocycles. The molecule has 0 heterocycles. The third-order valence-corrected chi connectivity index (χ3v) is 2.83. The third kappa shape index (κ3) is 2.25. The molecule has 0 N–H and O–H groups in total. The average molecular weight is 235 g/mol. The number of hydrogen-bond acceptors (Lipinski definition) is 0. The standard InChI is InChI=1S/C14H12ClF/c1-2-10-6-7-12(9-14(10)16)11-4-3-5-13(15)8-11/h3-9H,2H2,1H3. The Kier molecular flexibility index (Phi) is 3.25. The molecule has 2 rings (SSSR count). The molecule has 0 bridgehead atoms. The number of hydrogen-bond donors (Lipinski definition) is 0. The van der Waals surface area contributed by atoms with E-state index in [-0.39, 0.29) is 5.82 Å². The first-order valence-electron chi connectivity index (χ1n) is 5.25. The molecule has 16 heavy (non-hydrogen) atoms. The number of rotatable bonds is 2. The van der Waals surface area contributed by atoms with Crippen molar-refractivity contribution in [2.45, 2.75) is 13.3 Å². The van der Waals surface area contributed by atoms with Crippen molar-refractivity contribution in [2.24, 2.45) is 0 Å². The summed E-state index contributed by atoms with van der Waals surface area (Å²) in [6.07, 6.45) is 0.710. The summed E-state index contributed by atoms with van der Waals surface area (Å²) < 4.78 is 13.6. The predicted molar refractivity (Wildman–Crippen MR) is 66.2 cm³/mol. The van der Waals surface area contributed by atoms with Gasteiger partial charge in [0.05, 0.1) is 0 Å². The molecular weight excluding hydrogens is 223 g/mol. The molecule has 0 unspecified atom stereocenters. The van der Waals surface area contributed by atoms with Crippen LogP contribution in [-0.4, -0.2) is 0 Å². The molecule has 0 nitrogen and oxygen atoms in total. The molecule has 0 radical (unpaired) electrons. The van der Waals surface area contributed by atoms with Gasteiger partial charge in [-0.05, 0) is 41.3 Å². The maximum absolute atomic E-state index is 13.6. The largest absolute Gasteiger partial charge is 0.207 e. The lowest BCUT2D eigenvalue weighted by Crippen LogP contribution is -1.88. The Bertz CT molecular complexity index is 506. The van der Waals surface area contributed by atoms with Crippen LogP contribution in [0.15, 0.2) is 42.5 Å². The second kappa shape index (κ2) is 4.67. The summed E-state index contributed by atoms with van der Waals surface area (Å²) in [6, 6.07) is 12.7. The Hall–Kier alpha value is -1.34. The molecule has 0 saturated carbocycles. The van der Waals surface area contributed by atoms with Crippen LogP contribution in [0.3, 0.4) is 0 Å². The van der Waals surface area contributed by atoms with Crippen LogP contribution in [0.4, 0.5) is 4.39 Å². The highest BCUT2D eigenvalue weighted by Gasteiger charge is 2.03. The number of halogens is 2. The van der Waals surface area contributed by atoms with Crippen molar-refractivity contribution >= 4 is 11.6 Å². The maximum Gasteiger partial charge on any atom is 0.127 e. The maximum atomic E-state index is 13.6. The van der Waals surface area contributed by atoms with Gasteiger partial charge in [0.1, 0.15) is 5.82 Å². The first-order valence-corrected chi connectivity index (χ1v) is 5.63. The van der Waals surface area contributed by atoms with E-state index in [0.717, 1.165) is 16.7 Å². The molecule has 0 aliphatic rings. The van der Waals surface area contributed by atoms with Crippen molar-refractivity contribution in [2.75, 3.05) is 0 Å². The van der Waals surface area contributed by atoms with Gasteiger partial charge in [0.2, 0.25) is 0 Å². The van der Waals surface area contributed by atoms with Gasteiger partial charge in [0, 0.05) is 5.02 Å². The Morgan fingerprint density at radius 2 is 1.81 bits per heavy atom. The van der Waals surface area contributed by atoms with Crippen molar-refractivity contribution in [3.63, 3.8) is 0 Å². The zero-order valence-corrected chi connectivity index (χ0v) is 9.76. The smallest absolute Gasteiger partial charge is 0.127 e. The second-order valence-electron chi connectivity index (χ2n) is 3.67. The van der Waals surface area contributed by atoms with Gasteiger partial charge in [0.25, 0.3) is 0 Å². The minimum atomic E-state index is -0.153. The van der Waals surface area contributed by atoms with Crippen LogP contribution >= 0.6 is 11.6 Å². The van der Waals surface area contributed by atoms with Gasteiger partial charge < -0.3 is 0 Å². The van der Waals surface area contributed by atoms with Crippen molar-refractivity contribution in [3.05, 3.63) is 58.9 Å². The van der Waals surface area contributed by atoms with E-state index in [1.807, 2.05) is 43.3 Å². The summed E-state index contributed by atoms with van der Waals surface area (Å²) in [5, 5.41) is 0.664. The Balaban J connectivity index is 2.45. The molecule has 2 aromatic rings. The molecule has 0 fully saturated rings. The molecule has 0 aliphatic carbocycles. The molecule has 0 spiro atoms.